The van der Waals surface area contributed by atoms with E-state index in [-0.39, 0.29) is 15.5 Å². The molecule has 2 aromatic carbocycles. The highest BCUT2D eigenvalue weighted by molar-refractivity contribution is 7.96. The van der Waals surface area contributed by atoms with Gasteiger partial charge in [0.15, 0.2) is 19.7 Å². The lowest BCUT2D eigenvalue weighted by Crippen LogP contribution is -2.32. The fourth-order valence-corrected chi connectivity index (χ4v) is 7.00. The second-order valence-electron chi connectivity index (χ2n) is 5.57. The zero-order valence-electron chi connectivity index (χ0n) is 11.8. The van der Waals surface area contributed by atoms with Gasteiger partial charge in [0.05, 0.1) is 20.3 Å². The lowest BCUT2D eigenvalue weighted by atomic mass is 10.4. The van der Waals surface area contributed by atoms with E-state index in [2.05, 4.69) is 0 Å². The molecule has 1 fully saturated rings. The van der Waals surface area contributed by atoms with E-state index in [0.717, 1.165) is 0 Å². The molecule has 22 heavy (non-hydrogen) atoms. The summed E-state index contributed by atoms with van der Waals surface area (Å²) in [5.74, 6) is -0.360. The molecule has 1 aliphatic carbocycles. The molecule has 0 spiro atoms. The molecule has 0 N–H and O–H groups in total. The maximum Gasteiger partial charge on any atom is 0.185 e. The van der Waals surface area contributed by atoms with Gasteiger partial charge in [-0.05, 0) is 37.1 Å². The highest BCUT2D eigenvalue weighted by Crippen LogP contribution is 2.48. The normalized spacial score (nSPS) is 17.1. The lowest BCUT2D eigenvalue weighted by molar-refractivity contribution is 0.571. The molecule has 1 aliphatic rings. The van der Waals surface area contributed by atoms with E-state index in [1.54, 1.807) is 36.4 Å². The van der Waals surface area contributed by atoms with Crippen LogP contribution in [0, 0.1) is 0 Å². The number of hydrogen-bond acceptors (Lipinski definition) is 4. The van der Waals surface area contributed by atoms with Crippen molar-refractivity contribution in [2.24, 2.45) is 0 Å². The van der Waals surface area contributed by atoms with Crippen molar-refractivity contribution in [2.75, 3.05) is 5.75 Å². The van der Waals surface area contributed by atoms with Crippen molar-refractivity contribution < 1.29 is 16.8 Å². The van der Waals surface area contributed by atoms with Crippen LogP contribution in [0.3, 0.4) is 0 Å². The predicted octanol–water partition coefficient (Wildman–Crippen LogP) is 2.47. The van der Waals surface area contributed by atoms with Crippen LogP contribution in [0.2, 0.25) is 0 Å². The minimum atomic E-state index is -3.65. The van der Waals surface area contributed by atoms with Crippen molar-refractivity contribution >= 4 is 19.7 Å². The SMILES string of the molecule is O=S(=O)(CC1(S(=O)(=O)c2ccccc2)CC1)c1ccccc1. The molecule has 0 aliphatic heterocycles. The molecular weight excluding hydrogens is 320 g/mol. The van der Waals surface area contributed by atoms with Gasteiger partial charge in [-0.2, -0.15) is 0 Å². The third-order valence-electron chi connectivity index (χ3n) is 3.99. The molecule has 1 saturated carbocycles. The Morgan fingerprint density at radius 2 is 1.18 bits per heavy atom. The van der Waals surface area contributed by atoms with Gasteiger partial charge < -0.3 is 0 Å². The van der Waals surface area contributed by atoms with Crippen LogP contribution in [-0.2, 0) is 19.7 Å². The van der Waals surface area contributed by atoms with Crippen LogP contribution >= 0.6 is 0 Å². The predicted molar refractivity (Wildman–Crippen MR) is 84.1 cm³/mol. The summed E-state index contributed by atoms with van der Waals surface area (Å²) in [5, 5.41) is 0. The number of benzene rings is 2. The van der Waals surface area contributed by atoms with Gasteiger partial charge >= 0.3 is 0 Å². The summed E-state index contributed by atoms with van der Waals surface area (Å²) >= 11 is 0. The fourth-order valence-electron chi connectivity index (χ4n) is 2.54. The molecule has 2 aromatic rings. The molecule has 0 amide bonds. The van der Waals surface area contributed by atoms with Crippen molar-refractivity contribution in [1.29, 1.82) is 0 Å². The van der Waals surface area contributed by atoms with Gasteiger partial charge in [-0.3, -0.25) is 0 Å². The minimum Gasteiger partial charge on any atom is -0.224 e. The largest absolute Gasteiger partial charge is 0.224 e. The summed E-state index contributed by atoms with van der Waals surface area (Å²) in [4.78, 5) is 0.361. The third kappa shape index (κ3) is 2.57. The summed E-state index contributed by atoms with van der Waals surface area (Å²) in [7, 11) is -7.27. The van der Waals surface area contributed by atoms with Crippen LogP contribution in [0.1, 0.15) is 12.8 Å². The number of hydrogen-bond donors (Lipinski definition) is 0. The molecule has 6 heteroatoms. The Labute approximate surface area is 130 Å². The molecule has 0 bridgehead atoms. The molecular formula is C16H16O4S2. The lowest BCUT2D eigenvalue weighted by Gasteiger charge is -2.16. The number of sulfone groups is 2. The van der Waals surface area contributed by atoms with E-state index in [1.807, 2.05) is 0 Å². The quantitative estimate of drug-likeness (QED) is 0.841. The minimum absolute atomic E-state index is 0.171. The van der Waals surface area contributed by atoms with E-state index in [9.17, 15) is 16.8 Å². The Morgan fingerprint density at radius 3 is 1.64 bits per heavy atom. The van der Waals surface area contributed by atoms with E-state index in [0.29, 0.717) is 12.8 Å². The van der Waals surface area contributed by atoms with E-state index < -0.39 is 24.4 Å². The molecule has 3 rings (SSSR count). The first kappa shape index (κ1) is 15.2. The van der Waals surface area contributed by atoms with Gasteiger partial charge in [-0.1, -0.05) is 36.4 Å². The Hall–Kier alpha value is -1.66. The first-order valence-corrected chi connectivity index (χ1v) is 10.1. The fraction of sp³-hybridized carbons (Fsp3) is 0.250. The zero-order chi connectivity index (χ0) is 15.8. The maximum absolute atomic E-state index is 12.8. The van der Waals surface area contributed by atoms with Crippen LogP contribution in [0.25, 0.3) is 0 Å². The van der Waals surface area contributed by atoms with Crippen LogP contribution in [0.5, 0.6) is 0 Å². The van der Waals surface area contributed by atoms with E-state index in [4.69, 9.17) is 0 Å². The molecule has 0 heterocycles. The van der Waals surface area contributed by atoms with Gasteiger partial charge in [0.25, 0.3) is 0 Å². The van der Waals surface area contributed by atoms with Crippen molar-refractivity contribution in [1.82, 2.24) is 0 Å². The second kappa shape index (κ2) is 5.21. The van der Waals surface area contributed by atoms with Gasteiger partial charge in [-0.15, -0.1) is 0 Å². The standard InChI is InChI=1S/C16H16O4S2/c17-21(18,14-7-3-1-4-8-14)13-16(11-12-16)22(19,20)15-9-5-2-6-10-15/h1-10H,11-13H2. The molecule has 0 aromatic heterocycles. The first-order valence-electron chi connectivity index (χ1n) is 6.95. The first-order chi connectivity index (χ1) is 10.4. The Morgan fingerprint density at radius 1 is 0.727 bits per heavy atom. The molecule has 4 nitrogen and oxygen atoms in total. The highest BCUT2D eigenvalue weighted by Gasteiger charge is 2.57. The Bertz CT molecular complexity index is 866. The molecule has 116 valence electrons. The van der Waals surface area contributed by atoms with Gasteiger partial charge in [0.1, 0.15) is 0 Å². The van der Waals surface area contributed by atoms with Gasteiger partial charge in [0, 0.05) is 0 Å². The van der Waals surface area contributed by atoms with Crippen LogP contribution in [-0.4, -0.2) is 27.3 Å². The highest BCUT2D eigenvalue weighted by atomic mass is 32.2. The summed E-state index contributed by atoms with van der Waals surface area (Å²) in [6.07, 6.45) is 0.770. The zero-order valence-corrected chi connectivity index (χ0v) is 13.5. The molecule has 0 atom stereocenters. The average molecular weight is 336 g/mol. The average Bonchev–Trinajstić information content (AvgIpc) is 3.30. The van der Waals surface area contributed by atoms with Crippen molar-refractivity contribution in [2.45, 2.75) is 27.4 Å². The summed E-state index contributed by atoms with van der Waals surface area (Å²) in [6, 6.07) is 16.1. The third-order valence-corrected chi connectivity index (χ3v) is 8.68. The second-order valence-corrected chi connectivity index (χ2v) is 9.91. The van der Waals surface area contributed by atoms with Crippen LogP contribution in [0.4, 0.5) is 0 Å². The summed E-state index contributed by atoms with van der Waals surface area (Å²) < 4.78 is 49.3. The van der Waals surface area contributed by atoms with Crippen LogP contribution in [0.15, 0.2) is 70.5 Å². The van der Waals surface area contributed by atoms with Gasteiger partial charge in [0.2, 0.25) is 0 Å². The Kier molecular flexibility index (Phi) is 3.61. The van der Waals surface area contributed by atoms with E-state index in [1.165, 1.54) is 24.3 Å². The van der Waals surface area contributed by atoms with Crippen molar-refractivity contribution in [3.8, 4) is 0 Å². The number of rotatable bonds is 5. The molecule has 0 saturated heterocycles. The van der Waals surface area contributed by atoms with Gasteiger partial charge in [-0.25, -0.2) is 16.8 Å². The molecule has 0 radical (unpaired) electrons. The van der Waals surface area contributed by atoms with Crippen molar-refractivity contribution in [3.05, 3.63) is 60.7 Å². The smallest absolute Gasteiger partial charge is 0.185 e. The Balaban J connectivity index is 1.96. The topological polar surface area (TPSA) is 68.3 Å². The van der Waals surface area contributed by atoms with Crippen molar-refractivity contribution in [3.63, 3.8) is 0 Å². The van der Waals surface area contributed by atoms with Crippen LogP contribution < -0.4 is 0 Å². The monoisotopic (exact) mass is 336 g/mol. The summed E-state index contributed by atoms with van der Waals surface area (Å²) in [6.45, 7) is 0. The molecule has 0 unspecified atom stereocenters. The maximum atomic E-state index is 12.8. The summed E-state index contributed by atoms with van der Waals surface area (Å²) in [5.41, 5.74) is 0. The van der Waals surface area contributed by atoms with E-state index >= 15 is 0 Å².